The molecular weight excluding hydrogens is 1310 g/mol. The van der Waals surface area contributed by atoms with E-state index >= 15 is 0 Å². The van der Waals surface area contributed by atoms with Crippen molar-refractivity contribution in [3.63, 3.8) is 0 Å². The Balaban J connectivity index is 5.40. The highest BCUT2D eigenvalue weighted by atomic mass is 31.2. The lowest BCUT2D eigenvalue weighted by Crippen LogP contribution is -2.30. The number of carbonyl (C=O) groups is 4. The van der Waals surface area contributed by atoms with Gasteiger partial charge in [0.25, 0.3) is 0 Å². The number of rotatable bonds is 74. The number of aliphatic hydroxyl groups excluding tert-OH is 1. The Morgan fingerprint density at radius 3 is 0.740 bits per heavy atom. The molecule has 100 heavy (non-hydrogen) atoms. The first-order valence-electron chi connectivity index (χ1n) is 39.5. The van der Waals surface area contributed by atoms with Crippen molar-refractivity contribution in [2.24, 2.45) is 0 Å². The third-order valence-corrected chi connectivity index (χ3v) is 18.4. The monoisotopic (exact) mass is 1450 g/mol. The number of hydrogen-bond donors (Lipinski definition) is 3. The molecule has 0 fully saturated rings. The van der Waals surface area contributed by atoms with Gasteiger partial charge in [0, 0.05) is 25.7 Å². The van der Waals surface area contributed by atoms with E-state index in [2.05, 4.69) is 125 Å². The van der Waals surface area contributed by atoms with Crippen molar-refractivity contribution in [2.45, 2.75) is 354 Å². The fourth-order valence-electron chi connectivity index (χ4n) is 10.4. The standard InChI is InChI=1S/C81H142O17P2/c1-5-9-13-17-21-25-29-33-37-41-45-49-53-57-61-65-78(83)91-71-76(97-80(85)67-63-59-55-51-47-43-39-35-31-27-23-19-15-11-7-3)73-95-99(87,88)93-69-75(82)70-94-100(89,90)96-74-77(98-81(86)68-64-60-56-52-48-44-40-36-32-28-24-20-16-12-8-4)72-92-79(84)66-62-58-54-50-46-42-38-34-30-26-22-18-14-10-6-2/h21-28,33-40,75-77,82H,5-20,29-32,41-74H2,1-4H3,(H,87,88)(H,89,90)/b25-21-,26-22-,27-23-,28-24+,37-33+,38-34+,39-35+,40-36+/t75?,76-,77-/m1/s1. The second kappa shape index (κ2) is 73.3. The summed E-state index contributed by atoms with van der Waals surface area (Å²) >= 11 is 0. The van der Waals surface area contributed by atoms with Crippen LogP contribution in [0.15, 0.2) is 97.2 Å². The van der Waals surface area contributed by atoms with Crippen LogP contribution in [0.3, 0.4) is 0 Å². The third-order valence-electron chi connectivity index (χ3n) is 16.5. The molecule has 5 atom stereocenters. The van der Waals surface area contributed by atoms with E-state index in [1.54, 1.807) is 0 Å². The first-order valence-corrected chi connectivity index (χ1v) is 42.5. The van der Waals surface area contributed by atoms with Crippen molar-refractivity contribution in [2.75, 3.05) is 39.6 Å². The van der Waals surface area contributed by atoms with Crippen LogP contribution in [0.25, 0.3) is 0 Å². The molecule has 17 nitrogen and oxygen atoms in total. The van der Waals surface area contributed by atoms with Gasteiger partial charge in [0.05, 0.1) is 26.4 Å². The van der Waals surface area contributed by atoms with Gasteiger partial charge >= 0.3 is 39.5 Å². The fourth-order valence-corrected chi connectivity index (χ4v) is 12.0. The Bertz CT molecular complexity index is 2120. The molecule has 0 aliphatic carbocycles. The second-order valence-corrected chi connectivity index (χ2v) is 29.2. The zero-order valence-corrected chi connectivity index (χ0v) is 64.9. The smallest absolute Gasteiger partial charge is 0.462 e. The molecule has 3 N–H and O–H groups in total. The normalized spacial score (nSPS) is 14.4. The number of aliphatic hydroxyl groups is 1. The zero-order valence-electron chi connectivity index (χ0n) is 63.1. The van der Waals surface area contributed by atoms with Gasteiger partial charge in [-0.2, -0.15) is 0 Å². The molecule has 0 rings (SSSR count). The number of phosphoric ester groups is 2. The molecule has 0 aromatic heterocycles. The largest absolute Gasteiger partial charge is 0.472 e. The van der Waals surface area contributed by atoms with Gasteiger partial charge in [0.1, 0.15) is 19.3 Å². The molecule has 0 aliphatic rings. The quantitative estimate of drug-likeness (QED) is 0.0169. The minimum absolute atomic E-state index is 0.0756. The van der Waals surface area contributed by atoms with Crippen LogP contribution in [-0.2, 0) is 65.4 Å². The Morgan fingerprint density at radius 1 is 0.280 bits per heavy atom. The van der Waals surface area contributed by atoms with Crippen molar-refractivity contribution in [3.8, 4) is 0 Å². The van der Waals surface area contributed by atoms with Crippen LogP contribution in [-0.4, -0.2) is 96.7 Å². The van der Waals surface area contributed by atoms with Gasteiger partial charge in [-0.1, -0.05) is 253 Å². The van der Waals surface area contributed by atoms with E-state index in [-0.39, 0.29) is 25.7 Å². The van der Waals surface area contributed by atoms with Crippen LogP contribution >= 0.6 is 15.6 Å². The van der Waals surface area contributed by atoms with E-state index < -0.39 is 97.5 Å². The Morgan fingerprint density at radius 2 is 0.490 bits per heavy atom. The summed E-state index contributed by atoms with van der Waals surface area (Å²) in [5.74, 6) is -2.22. The Hall–Kier alpha value is -4.02. The van der Waals surface area contributed by atoms with Gasteiger partial charge in [-0.3, -0.25) is 37.3 Å². The van der Waals surface area contributed by atoms with Gasteiger partial charge in [-0.15, -0.1) is 0 Å². The summed E-state index contributed by atoms with van der Waals surface area (Å²) in [4.78, 5) is 72.9. The highest BCUT2D eigenvalue weighted by molar-refractivity contribution is 7.47. The lowest BCUT2D eigenvalue weighted by molar-refractivity contribution is -0.161. The van der Waals surface area contributed by atoms with Gasteiger partial charge < -0.3 is 33.8 Å². The molecule has 0 radical (unpaired) electrons. The summed E-state index contributed by atoms with van der Waals surface area (Å²) in [5, 5.41) is 10.6. The first-order chi connectivity index (χ1) is 48.7. The number of ether oxygens (including phenoxy) is 4. The fraction of sp³-hybridized carbons (Fsp3) is 0.753. The van der Waals surface area contributed by atoms with Crippen LogP contribution in [0, 0.1) is 0 Å². The van der Waals surface area contributed by atoms with Crippen molar-refractivity contribution in [1.82, 2.24) is 0 Å². The number of unbranched alkanes of at least 4 members (excludes halogenated alkanes) is 32. The molecule has 0 bridgehead atoms. The average molecular weight is 1450 g/mol. The predicted molar refractivity (Wildman–Crippen MR) is 409 cm³/mol. The summed E-state index contributed by atoms with van der Waals surface area (Å²) in [5.41, 5.74) is 0. The number of esters is 4. The zero-order chi connectivity index (χ0) is 73.2. The summed E-state index contributed by atoms with van der Waals surface area (Å²) in [6.07, 6.45) is 76.6. The van der Waals surface area contributed by atoms with Crippen LogP contribution in [0.2, 0.25) is 0 Å². The Labute approximate surface area is 607 Å². The minimum Gasteiger partial charge on any atom is -0.462 e. The molecular formula is C81H142O17P2. The lowest BCUT2D eigenvalue weighted by atomic mass is 10.1. The predicted octanol–water partition coefficient (Wildman–Crippen LogP) is 22.8. The molecule has 0 saturated carbocycles. The van der Waals surface area contributed by atoms with Crippen molar-refractivity contribution in [1.29, 1.82) is 0 Å². The first kappa shape index (κ1) is 96.0. The third kappa shape index (κ3) is 72.3. The second-order valence-electron chi connectivity index (χ2n) is 26.3. The number of hydrogen-bond acceptors (Lipinski definition) is 15. The van der Waals surface area contributed by atoms with Crippen molar-refractivity contribution >= 4 is 39.5 Å². The molecule has 0 spiro atoms. The molecule has 0 saturated heterocycles. The highest BCUT2D eigenvalue weighted by Gasteiger charge is 2.30. The van der Waals surface area contributed by atoms with Crippen LogP contribution < -0.4 is 0 Å². The summed E-state index contributed by atoms with van der Waals surface area (Å²) in [7, 11) is -9.97. The van der Waals surface area contributed by atoms with E-state index in [1.807, 2.05) is 0 Å². The van der Waals surface area contributed by atoms with Crippen molar-refractivity contribution < 1.29 is 80.2 Å². The van der Waals surface area contributed by atoms with Crippen LogP contribution in [0.4, 0.5) is 0 Å². The lowest BCUT2D eigenvalue weighted by Gasteiger charge is -2.21. The molecule has 0 aliphatic heterocycles. The van der Waals surface area contributed by atoms with E-state index in [9.17, 15) is 43.2 Å². The van der Waals surface area contributed by atoms with E-state index in [0.29, 0.717) is 25.7 Å². The SMILES string of the molecule is CCCCC/C=C\C/C=C/CCCCCCCC(=O)OC[C@H](COP(=O)(O)OCC(O)COP(=O)(O)OC[C@@H](COC(=O)CCCCCCC/C=C/C/C=C\CCCCC)OC(=O)CCCCCCC/C=C/C/C=C/CCCCC)OC(=O)CCCCCCC/C=C/C/C=C\CCCCC. The number of carbonyl (C=O) groups excluding carboxylic acids is 4. The average Bonchev–Trinajstić information content (AvgIpc) is 1.01. The Kier molecular flexibility index (Phi) is 70.4. The van der Waals surface area contributed by atoms with Gasteiger partial charge in [0.2, 0.25) is 0 Å². The summed E-state index contributed by atoms with van der Waals surface area (Å²) < 4.78 is 68.5. The molecule has 3 unspecified atom stereocenters. The maximum absolute atomic E-state index is 13.1. The van der Waals surface area contributed by atoms with E-state index in [4.69, 9.17) is 37.0 Å². The number of phosphoric acid groups is 2. The van der Waals surface area contributed by atoms with E-state index in [1.165, 1.54) is 77.0 Å². The topological polar surface area (TPSA) is 237 Å². The molecule has 0 amide bonds. The molecule has 0 aromatic rings. The molecule has 0 heterocycles. The van der Waals surface area contributed by atoms with Gasteiger partial charge in [0.15, 0.2) is 12.2 Å². The van der Waals surface area contributed by atoms with Crippen molar-refractivity contribution in [3.05, 3.63) is 97.2 Å². The van der Waals surface area contributed by atoms with Crippen LogP contribution in [0.1, 0.15) is 336 Å². The number of allylic oxidation sites excluding steroid dienone is 16. The molecule has 0 aromatic carbocycles. The van der Waals surface area contributed by atoms with Gasteiger partial charge in [-0.05, 0) is 154 Å². The molecule has 19 heteroatoms. The van der Waals surface area contributed by atoms with Gasteiger partial charge in [-0.25, -0.2) is 9.13 Å². The minimum atomic E-state index is -4.98. The maximum Gasteiger partial charge on any atom is 0.472 e. The summed E-state index contributed by atoms with van der Waals surface area (Å²) in [6.45, 7) is 4.74. The van der Waals surface area contributed by atoms with E-state index in [0.717, 1.165) is 180 Å². The highest BCUT2D eigenvalue weighted by Crippen LogP contribution is 2.45. The summed E-state index contributed by atoms with van der Waals surface area (Å²) in [6, 6.07) is 0. The van der Waals surface area contributed by atoms with Crippen LogP contribution in [0.5, 0.6) is 0 Å². The molecule has 578 valence electrons. The maximum atomic E-state index is 13.1.